The van der Waals surface area contributed by atoms with Gasteiger partial charge >= 0.3 is 0 Å². The Labute approximate surface area is 336 Å². The fourth-order valence-electron chi connectivity index (χ4n) is 11.0. The van der Waals surface area contributed by atoms with E-state index in [-0.39, 0.29) is 0 Å². The monoisotopic (exact) mass is 754 g/mol. The summed E-state index contributed by atoms with van der Waals surface area (Å²) >= 11 is 1.78. The molecule has 1 spiro atoms. The van der Waals surface area contributed by atoms with E-state index in [0.717, 1.165) is 21.6 Å². The molecule has 0 saturated heterocycles. The van der Waals surface area contributed by atoms with E-state index >= 15 is 0 Å². The molecule has 0 fully saturated rings. The van der Waals surface area contributed by atoms with Crippen LogP contribution in [0.2, 0.25) is 0 Å². The predicted octanol–water partition coefficient (Wildman–Crippen LogP) is 13.4. The Morgan fingerprint density at radius 3 is 1.60 bits per heavy atom. The minimum Gasteiger partial charge on any atom is -0.308 e. The standard InChI is InChI=1S/C53H30N4S/c1-2-14-31(15-3-1)56-44-24-12-7-19-37(44)46-49-47(51-48(50(46)56)39-29-54-30-55-52(39)58-51)38-20-8-13-25-45(38)57(49)32-26-27-36-35-18-6-11-23-42(35)53(43(36)28-32)40-21-9-4-16-33(40)34-17-5-10-22-41(34)53/h1-30H. The number of thiophene rings is 1. The van der Waals surface area contributed by atoms with Crippen LogP contribution >= 0.6 is 11.3 Å². The average Bonchev–Trinajstić information content (AvgIpc) is 4.07. The second-order valence-corrected chi connectivity index (χ2v) is 16.7. The molecule has 0 N–H and O–H groups in total. The molecule has 2 aliphatic carbocycles. The molecule has 0 aliphatic heterocycles. The normalized spacial score (nSPS) is 13.7. The lowest BCUT2D eigenvalue weighted by Gasteiger charge is -2.30. The van der Waals surface area contributed by atoms with Gasteiger partial charge in [-0.25, -0.2) is 9.97 Å². The van der Waals surface area contributed by atoms with Crippen LogP contribution in [-0.4, -0.2) is 19.1 Å². The van der Waals surface area contributed by atoms with Gasteiger partial charge in [0.1, 0.15) is 11.2 Å². The highest BCUT2D eigenvalue weighted by Crippen LogP contribution is 2.63. The quantitative estimate of drug-likeness (QED) is 0.176. The van der Waals surface area contributed by atoms with Crippen LogP contribution in [0.4, 0.5) is 0 Å². The van der Waals surface area contributed by atoms with Gasteiger partial charge in [0.05, 0.1) is 27.5 Å². The van der Waals surface area contributed by atoms with Crippen LogP contribution in [0.25, 0.3) is 97.5 Å². The third-order valence-electron chi connectivity index (χ3n) is 13.1. The van der Waals surface area contributed by atoms with Crippen molar-refractivity contribution in [3.8, 4) is 33.6 Å². The van der Waals surface area contributed by atoms with Gasteiger partial charge in [0.25, 0.3) is 0 Å². The van der Waals surface area contributed by atoms with Crippen LogP contribution in [0.15, 0.2) is 182 Å². The Balaban J connectivity index is 1.20. The molecule has 5 heteroatoms. The van der Waals surface area contributed by atoms with Gasteiger partial charge in [-0.2, -0.15) is 0 Å². The molecule has 0 unspecified atom stereocenters. The number of hydrogen-bond donors (Lipinski definition) is 0. The number of benzene rings is 8. The fourth-order valence-corrected chi connectivity index (χ4v) is 12.2. The van der Waals surface area contributed by atoms with E-state index < -0.39 is 5.41 Å². The molecule has 0 bridgehead atoms. The van der Waals surface area contributed by atoms with Crippen LogP contribution < -0.4 is 0 Å². The molecule has 2 aliphatic rings. The number of para-hydroxylation sites is 3. The van der Waals surface area contributed by atoms with Crippen molar-refractivity contribution in [1.29, 1.82) is 0 Å². The van der Waals surface area contributed by atoms with Crippen molar-refractivity contribution in [2.75, 3.05) is 0 Å². The first-order chi connectivity index (χ1) is 28.8. The topological polar surface area (TPSA) is 35.6 Å². The van der Waals surface area contributed by atoms with Crippen molar-refractivity contribution in [3.63, 3.8) is 0 Å². The molecule has 14 rings (SSSR count). The summed E-state index contributed by atoms with van der Waals surface area (Å²) in [5.74, 6) is 0. The molecule has 0 saturated carbocycles. The van der Waals surface area contributed by atoms with E-state index in [1.54, 1.807) is 17.7 Å². The molecule has 4 aromatic heterocycles. The van der Waals surface area contributed by atoms with Gasteiger partial charge in [0, 0.05) is 54.6 Å². The number of aromatic nitrogens is 4. The Morgan fingerprint density at radius 2 is 0.948 bits per heavy atom. The Morgan fingerprint density at radius 1 is 0.431 bits per heavy atom. The number of fused-ring (bicyclic) bond motifs is 22. The van der Waals surface area contributed by atoms with Crippen molar-refractivity contribution >= 4 is 75.3 Å². The smallest absolute Gasteiger partial charge is 0.127 e. The van der Waals surface area contributed by atoms with Crippen molar-refractivity contribution < 1.29 is 0 Å². The summed E-state index contributed by atoms with van der Waals surface area (Å²) in [6.07, 6.45) is 3.69. The van der Waals surface area contributed by atoms with Gasteiger partial charge < -0.3 is 9.13 Å². The van der Waals surface area contributed by atoms with Crippen molar-refractivity contribution in [3.05, 3.63) is 205 Å². The minimum absolute atomic E-state index is 0.441. The molecule has 58 heavy (non-hydrogen) atoms. The molecule has 0 radical (unpaired) electrons. The minimum atomic E-state index is -0.441. The Bertz CT molecular complexity index is 3690. The molecule has 8 aromatic carbocycles. The predicted molar refractivity (Wildman–Crippen MR) is 240 cm³/mol. The molecule has 4 heterocycles. The lowest BCUT2D eigenvalue weighted by Crippen LogP contribution is -2.26. The molecule has 268 valence electrons. The van der Waals surface area contributed by atoms with Crippen LogP contribution in [0, 0.1) is 0 Å². The van der Waals surface area contributed by atoms with Crippen molar-refractivity contribution in [1.82, 2.24) is 19.1 Å². The zero-order chi connectivity index (χ0) is 37.7. The summed E-state index contributed by atoms with van der Waals surface area (Å²) in [6.45, 7) is 0. The van der Waals surface area contributed by atoms with E-state index in [9.17, 15) is 0 Å². The van der Waals surface area contributed by atoms with E-state index in [4.69, 9.17) is 4.98 Å². The Kier molecular flexibility index (Phi) is 5.82. The molecule has 0 amide bonds. The number of rotatable bonds is 2. The zero-order valence-corrected chi connectivity index (χ0v) is 31.8. The van der Waals surface area contributed by atoms with Gasteiger partial charge in [0.15, 0.2) is 0 Å². The van der Waals surface area contributed by atoms with Crippen molar-refractivity contribution in [2.24, 2.45) is 0 Å². The molecule has 12 aromatic rings. The van der Waals surface area contributed by atoms with Crippen LogP contribution in [-0.2, 0) is 5.41 Å². The lowest BCUT2D eigenvalue weighted by molar-refractivity contribution is 0.792. The number of nitrogens with zero attached hydrogens (tertiary/aromatic N) is 4. The largest absolute Gasteiger partial charge is 0.308 e. The van der Waals surface area contributed by atoms with E-state index in [1.807, 2.05) is 6.20 Å². The highest BCUT2D eigenvalue weighted by molar-refractivity contribution is 7.26. The van der Waals surface area contributed by atoms with Gasteiger partial charge in [0.2, 0.25) is 0 Å². The zero-order valence-electron chi connectivity index (χ0n) is 31.0. The average molecular weight is 755 g/mol. The van der Waals surface area contributed by atoms with Crippen LogP contribution in [0.1, 0.15) is 22.3 Å². The molecular weight excluding hydrogens is 725 g/mol. The maximum Gasteiger partial charge on any atom is 0.127 e. The maximum atomic E-state index is 4.86. The summed E-state index contributed by atoms with van der Waals surface area (Å²) < 4.78 is 6.26. The maximum absolute atomic E-state index is 4.86. The third kappa shape index (κ3) is 3.58. The highest BCUT2D eigenvalue weighted by Gasteiger charge is 2.51. The molecule has 0 atom stereocenters. The number of hydrogen-bond acceptors (Lipinski definition) is 3. The van der Waals surface area contributed by atoms with Gasteiger partial charge in [-0.1, -0.05) is 133 Å². The van der Waals surface area contributed by atoms with Gasteiger partial charge in [-0.15, -0.1) is 11.3 Å². The van der Waals surface area contributed by atoms with Crippen molar-refractivity contribution in [2.45, 2.75) is 5.41 Å². The highest BCUT2D eigenvalue weighted by atomic mass is 32.1. The summed E-state index contributed by atoms with van der Waals surface area (Å²) in [6, 6.07) is 63.1. The van der Waals surface area contributed by atoms with E-state index in [0.29, 0.717) is 0 Å². The van der Waals surface area contributed by atoms with Crippen LogP contribution in [0.3, 0.4) is 0 Å². The first kappa shape index (κ1) is 30.8. The lowest BCUT2D eigenvalue weighted by atomic mass is 9.70. The Hall–Kier alpha value is -7.34. The van der Waals surface area contributed by atoms with E-state index in [2.05, 4.69) is 184 Å². The van der Waals surface area contributed by atoms with Crippen LogP contribution in [0.5, 0.6) is 0 Å². The second kappa shape index (κ2) is 10.9. The first-order valence-electron chi connectivity index (χ1n) is 19.8. The summed E-state index contributed by atoms with van der Waals surface area (Å²) in [7, 11) is 0. The molecular formula is C53H30N4S. The fraction of sp³-hybridized carbons (Fsp3) is 0.0189. The van der Waals surface area contributed by atoms with E-state index in [1.165, 1.54) is 98.2 Å². The van der Waals surface area contributed by atoms with Gasteiger partial charge in [-0.05, 0) is 80.9 Å². The second-order valence-electron chi connectivity index (χ2n) is 15.7. The SMILES string of the molecule is c1ccc(-n2c3ccccc3c3c4c(c5ccccc5n4-c4ccc5c(c4)C4(c6ccccc6-c6ccccc64)c4ccccc4-5)c4sc5ncncc5c4c32)cc1. The van der Waals surface area contributed by atoms with Gasteiger partial charge in [-0.3, -0.25) is 0 Å². The molecule has 4 nitrogen and oxygen atoms in total. The third-order valence-corrected chi connectivity index (χ3v) is 14.2. The first-order valence-corrected chi connectivity index (χ1v) is 20.6. The summed E-state index contributed by atoms with van der Waals surface area (Å²) in [5.41, 5.74) is 17.2. The summed E-state index contributed by atoms with van der Waals surface area (Å²) in [5, 5.41) is 7.23. The summed E-state index contributed by atoms with van der Waals surface area (Å²) in [4.78, 5) is 10.4.